The Kier molecular flexibility index (Phi) is 5.37. The molecule has 0 saturated heterocycles. The SMILES string of the molecule is CC(C(=O)O)c1ccc(CNCC2(O)CCCCC2)cc1. The molecule has 0 radical (unpaired) electrons. The molecular formula is C17H25NO3. The van der Waals surface area contributed by atoms with E-state index in [1.807, 2.05) is 24.3 Å². The second kappa shape index (κ2) is 7.05. The monoisotopic (exact) mass is 291 g/mol. The molecule has 1 aliphatic rings. The minimum Gasteiger partial charge on any atom is -0.481 e. The predicted molar refractivity (Wildman–Crippen MR) is 82.2 cm³/mol. The molecule has 0 bridgehead atoms. The Hall–Kier alpha value is -1.39. The van der Waals surface area contributed by atoms with E-state index in [9.17, 15) is 9.90 Å². The number of aliphatic carboxylic acids is 1. The van der Waals surface area contributed by atoms with E-state index in [4.69, 9.17) is 5.11 Å². The lowest BCUT2D eigenvalue weighted by molar-refractivity contribution is -0.138. The standard InChI is InChI=1S/C17H25NO3/c1-13(16(19)20)15-7-5-14(6-8-15)11-18-12-17(21)9-3-2-4-10-17/h5-8,13,18,21H,2-4,9-12H2,1H3,(H,19,20). The van der Waals surface area contributed by atoms with Gasteiger partial charge in [0, 0.05) is 13.1 Å². The van der Waals surface area contributed by atoms with E-state index in [0.717, 1.165) is 36.8 Å². The molecule has 1 saturated carbocycles. The summed E-state index contributed by atoms with van der Waals surface area (Å²) in [6.45, 7) is 3.01. The first kappa shape index (κ1) is 16.0. The molecule has 1 unspecified atom stereocenters. The van der Waals surface area contributed by atoms with Gasteiger partial charge in [0.15, 0.2) is 0 Å². The van der Waals surface area contributed by atoms with Crippen molar-refractivity contribution >= 4 is 5.97 Å². The fourth-order valence-corrected chi connectivity index (χ4v) is 2.89. The van der Waals surface area contributed by atoms with Crippen LogP contribution in [0.15, 0.2) is 24.3 Å². The van der Waals surface area contributed by atoms with E-state index >= 15 is 0 Å². The van der Waals surface area contributed by atoms with Crippen LogP contribution in [0.4, 0.5) is 0 Å². The molecule has 4 heteroatoms. The van der Waals surface area contributed by atoms with Gasteiger partial charge in [-0.25, -0.2) is 0 Å². The van der Waals surface area contributed by atoms with Crippen LogP contribution in [0.5, 0.6) is 0 Å². The second-order valence-electron chi connectivity index (χ2n) is 6.19. The van der Waals surface area contributed by atoms with Crippen LogP contribution in [-0.2, 0) is 11.3 Å². The Morgan fingerprint density at radius 3 is 2.43 bits per heavy atom. The van der Waals surface area contributed by atoms with Gasteiger partial charge in [-0.3, -0.25) is 4.79 Å². The van der Waals surface area contributed by atoms with Gasteiger partial charge in [-0.15, -0.1) is 0 Å². The molecule has 0 heterocycles. The minimum absolute atomic E-state index is 0.477. The number of aliphatic hydroxyl groups is 1. The third kappa shape index (κ3) is 4.55. The Balaban J connectivity index is 1.82. The summed E-state index contributed by atoms with van der Waals surface area (Å²) in [6, 6.07) is 7.63. The Labute approximate surface area is 126 Å². The molecule has 2 rings (SSSR count). The van der Waals surface area contributed by atoms with Crippen LogP contribution < -0.4 is 5.32 Å². The highest BCUT2D eigenvalue weighted by Gasteiger charge is 2.28. The van der Waals surface area contributed by atoms with E-state index in [2.05, 4.69) is 5.32 Å². The lowest BCUT2D eigenvalue weighted by atomic mass is 9.85. The van der Waals surface area contributed by atoms with Gasteiger partial charge < -0.3 is 15.5 Å². The molecule has 0 amide bonds. The second-order valence-corrected chi connectivity index (χ2v) is 6.19. The number of carboxylic acids is 1. The maximum atomic E-state index is 10.9. The summed E-state index contributed by atoms with van der Waals surface area (Å²) in [5.74, 6) is -1.28. The van der Waals surface area contributed by atoms with Crippen LogP contribution >= 0.6 is 0 Å². The highest BCUT2D eigenvalue weighted by atomic mass is 16.4. The lowest BCUT2D eigenvalue weighted by Gasteiger charge is -2.32. The molecule has 1 aromatic rings. The summed E-state index contributed by atoms with van der Waals surface area (Å²) in [6.07, 6.45) is 5.22. The third-order valence-corrected chi connectivity index (χ3v) is 4.42. The molecule has 0 spiro atoms. The Morgan fingerprint density at radius 1 is 1.24 bits per heavy atom. The lowest BCUT2D eigenvalue weighted by Crippen LogP contribution is -2.41. The maximum absolute atomic E-state index is 10.9. The van der Waals surface area contributed by atoms with E-state index in [-0.39, 0.29) is 0 Å². The van der Waals surface area contributed by atoms with Crippen molar-refractivity contribution in [2.24, 2.45) is 0 Å². The van der Waals surface area contributed by atoms with Crippen LogP contribution in [0.1, 0.15) is 56.1 Å². The summed E-state index contributed by atoms with van der Waals surface area (Å²) in [7, 11) is 0. The van der Waals surface area contributed by atoms with Crippen molar-refractivity contribution in [3.05, 3.63) is 35.4 Å². The van der Waals surface area contributed by atoms with Crippen LogP contribution in [0.25, 0.3) is 0 Å². The molecule has 3 N–H and O–H groups in total. The zero-order valence-electron chi connectivity index (χ0n) is 12.6. The molecule has 0 aliphatic heterocycles. The minimum atomic E-state index is -0.805. The fourth-order valence-electron chi connectivity index (χ4n) is 2.89. The predicted octanol–water partition coefficient (Wildman–Crippen LogP) is 2.66. The van der Waals surface area contributed by atoms with Crippen molar-refractivity contribution < 1.29 is 15.0 Å². The number of benzene rings is 1. The van der Waals surface area contributed by atoms with Crippen LogP contribution in [0, 0.1) is 0 Å². The molecule has 21 heavy (non-hydrogen) atoms. The van der Waals surface area contributed by atoms with Crippen molar-refractivity contribution in [2.45, 2.75) is 57.1 Å². The first-order chi connectivity index (χ1) is 10.0. The van der Waals surface area contributed by atoms with E-state index in [0.29, 0.717) is 13.1 Å². The first-order valence-electron chi connectivity index (χ1n) is 7.75. The molecule has 1 aromatic carbocycles. The molecule has 1 fully saturated rings. The van der Waals surface area contributed by atoms with Gasteiger partial charge in [0.05, 0.1) is 11.5 Å². The third-order valence-electron chi connectivity index (χ3n) is 4.42. The van der Waals surface area contributed by atoms with E-state index in [1.165, 1.54) is 6.42 Å². The number of nitrogens with one attached hydrogen (secondary N) is 1. The first-order valence-corrected chi connectivity index (χ1v) is 7.75. The number of hydrogen-bond donors (Lipinski definition) is 3. The quantitative estimate of drug-likeness (QED) is 0.753. The number of carbonyl (C=O) groups is 1. The fraction of sp³-hybridized carbons (Fsp3) is 0.588. The van der Waals surface area contributed by atoms with Crippen molar-refractivity contribution in [1.29, 1.82) is 0 Å². The summed E-state index contributed by atoms with van der Waals surface area (Å²) in [4.78, 5) is 10.9. The molecule has 1 aliphatic carbocycles. The van der Waals surface area contributed by atoms with Gasteiger partial charge in [0.2, 0.25) is 0 Å². The van der Waals surface area contributed by atoms with E-state index in [1.54, 1.807) is 6.92 Å². The van der Waals surface area contributed by atoms with Crippen molar-refractivity contribution in [3.63, 3.8) is 0 Å². The van der Waals surface area contributed by atoms with Gasteiger partial charge in [-0.2, -0.15) is 0 Å². The van der Waals surface area contributed by atoms with Gasteiger partial charge >= 0.3 is 5.97 Å². The highest BCUT2D eigenvalue weighted by molar-refractivity contribution is 5.75. The van der Waals surface area contributed by atoms with Crippen LogP contribution in [0.2, 0.25) is 0 Å². The molecule has 0 aromatic heterocycles. The largest absolute Gasteiger partial charge is 0.481 e. The van der Waals surface area contributed by atoms with Crippen LogP contribution in [-0.4, -0.2) is 28.3 Å². The average molecular weight is 291 g/mol. The van der Waals surface area contributed by atoms with Gasteiger partial charge in [0.25, 0.3) is 0 Å². The van der Waals surface area contributed by atoms with Gasteiger partial charge in [-0.1, -0.05) is 43.5 Å². The topological polar surface area (TPSA) is 69.6 Å². The van der Waals surface area contributed by atoms with Crippen molar-refractivity contribution in [3.8, 4) is 0 Å². The van der Waals surface area contributed by atoms with Crippen molar-refractivity contribution in [2.75, 3.05) is 6.54 Å². The molecular weight excluding hydrogens is 266 g/mol. The normalized spacial score (nSPS) is 19.1. The molecule has 4 nitrogen and oxygen atoms in total. The Morgan fingerprint density at radius 2 is 1.86 bits per heavy atom. The maximum Gasteiger partial charge on any atom is 0.310 e. The van der Waals surface area contributed by atoms with Crippen LogP contribution in [0.3, 0.4) is 0 Å². The smallest absolute Gasteiger partial charge is 0.310 e. The molecule has 116 valence electrons. The number of hydrogen-bond acceptors (Lipinski definition) is 3. The average Bonchev–Trinajstić information content (AvgIpc) is 2.48. The number of carboxylic acid groups (broad SMARTS) is 1. The summed E-state index contributed by atoms with van der Waals surface area (Å²) in [5, 5.41) is 22.7. The summed E-state index contributed by atoms with van der Waals surface area (Å²) >= 11 is 0. The van der Waals surface area contributed by atoms with Crippen molar-refractivity contribution in [1.82, 2.24) is 5.32 Å². The Bertz CT molecular complexity index is 463. The van der Waals surface area contributed by atoms with Gasteiger partial charge in [0.1, 0.15) is 0 Å². The zero-order valence-corrected chi connectivity index (χ0v) is 12.6. The van der Waals surface area contributed by atoms with Gasteiger partial charge in [-0.05, 0) is 30.9 Å². The highest BCUT2D eigenvalue weighted by Crippen LogP contribution is 2.27. The number of rotatable bonds is 6. The van der Waals surface area contributed by atoms with E-state index < -0.39 is 17.5 Å². The summed E-state index contributed by atoms with van der Waals surface area (Å²) < 4.78 is 0. The molecule has 1 atom stereocenters. The summed E-state index contributed by atoms with van der Waals surface area (Å²) in [5.41, 5.74) is 1.38. The zero-order chi connectivity index (χ0) is 15.3.